The average Bonchev–Trinajstić information content (AvgIpc) is 3.44. The van der Waals surface area contributed by atoms with E-state index in [1.165, 1.54) is 12.8 Å². The molecule has 1 N–H and O–H groups in total. The summed E-state index contributed by atoms with van der Waals surface area (Å²) in [5.41, 5.74) is 0. The molecule has 30 heavy (non-hydrogen) atoms. The van der Waals surface area contributed by atoms with Crippen LogP contribution in [-0.2, 0) is 4.74 Å². The standard InChI is InChI=1S/C21H31F2N5O2/c22-21(23)7-3-14(4-8-21)13-30-17-11-28(12-17)20(29)27-9-5-16(6-10-27)19-24-18(25-26-19)15-1-2-15/h14-17H,1-13H2,(H,24,25,26). The quantitative estimate of drug-likeness (QED) is 0.787. The number of aromatic nitrogens is 3. The summed E-state index contributed by atoms with van der Waals surface area (Å²) >= 11 is 0. The second-order valence-electron chi connectivity index (χ2n) is 9.56. The lowest BCUT2D eigenvalue weighted by molar-refractivity contribution is -0.0829. The van der Waals surface area contributed by atoms with E-state index in [0.29, 0.717) is 44.4 Å². The molecule has 0 radical (unpaired) electrons. The van der Waals surface area contributed by atoms with Crippen molar-refractivity contribution in [3.05, 3.63) is 11.6 Å². The number of carbonyl (C=O) groups excluding carboxylic acids is 1. The highest BCUT2D eigenvalue weighted by Crippen LogP contribution is 2.39. The van der Waals surface area contributed by atoms with E-state index in [4.69, 9.17) is 4.74 Å². The van der Waals surface area contributed by atoms with Crippen LogP contribution in [0.5, 0.6) is 0 Å². The highest BCUT2D eigenvalue weighted by atomic mass is 19.3. The van der Waals surface area contributed by atoms with Crippen molar-refractivity contribution < 1.29 is 18.3 Å². The number of halogens is 2. The molecule has 166 valence electrons. The first-order chi connectivity index (χ1) is 14.5. The van der Waals surface area contributed by atoms with Gasteiger partial charge >= 0.3 is 6.03 Å². The second-order valence-corrected chi connectivity index (χ2v) is 9.56. The number of piperidine rings is 1. The van der Waals surface area contributed by atoms with Crippen LogP contribution in [0, 0.1) is 5.92 Å². The van der Waals surface area contributed by atoms with Crippen LogP contribution in [-0.4, -0.2) is 75.8 Å². The maximum absolute atomic E-state index is 13.2. The zero-order chi connectivity index (χ0) is 20.7. The molecule has 0 atom stereocenters. The molecule has 2 aliphatic heterocycles. The summed E-state index contributed by atoms with van der Waals surface area (Å²) in [6.45, 7) is 3.22. The van der Waals surface area contributed by atoms with Gasteiger partial charge in [0.15, 0.2) is 5.82 Å². The summed E-state index contributed by atoms with van der Waals surface area (Å²) in [7, 11) is 0. The molecule has 0 bridgehead atoms. The number of H-pyrrole nitrogens is 1. The normalized spacial score (nSPS) is 26.1. The van der Waals surface area contributed by atoms with Crippen LogP contribution in [0.25, 0.3) is 0 Å². The maximum atomic E-state index is 13.2. The van der Waals surface area contributed by atoms with Crippen LogP contribution in [0.15, 0.2) is 0 Å². The van der Waals surface area contributed by atoms with Gasteiger partial charge in [0.1, 0.15) is 5.82 Å². The third-order valence-corrected chi connectivity index (χ3v) is 7.14. The minimum Gasteiger partial charge on any atom is -0.374 e. The Labute approximate surface area is 175 Å². The van der Waals surface area contributed by atoms with Crippen LogP contribution in [0.2, 0.25) is 0 Å². The molecule has 2 saturated carbocycles. The third-order valence-electron chi connectivity index (χ3n) is 7.14. The number of hydrogen-bond donors (Lipinski definition) is 1. The highest BCUT2D eigenvalue weighted by molar-refractivity contribution is 5.75. The monoisotopic (exact) mass is 423 g/mol. The van der Waals surface area contributed by atoms with E-state index < -0.39 is 5.92 Å². The molecule has 1 aromatic rings. The summed E-state index contributed by atoms with van der Waals surface area (Å²) < 4.78 is 32.3. The van der Waals surface area contributed by atoms with Crippen LogP contribution < -0.4 is 0 Å². The number of likely N-dealkylation sites (tertiary alicyclic amines) is 2. The first kappa shape index (κ1) is 20.2. The van der Waals surface area contributed by atoms with Gasteiger partial charge in [0.05, 0.1) is 19.2 Å². The molecule has 7 nitrogen and oxygen atoms in total. The number of urea groups is 1. The molecule has 2 amide bonds. The Hall–Kier alpha value is -1.77. The van der Waals surface area contributed by atoms with Crippen molar-refractivity contribution in [2.45, 2.75) is 75.2 Å². The summed E-state index contributed by atoms with van der Waals surface area (Å²) in [4.78, 5) is 21.1. The number of nitrogens with one attached hydrogen (secondary N) is 1. The molecule has 1 aromatic heterocycles. The molecule has 5 rings (SSSR count). The predicted molar refractivity (Wildman–Crippen MR) is 106 cm³/mol. The van der Waals surface area contributed by atoms with Crippen molar-refractivity contribution in [1.82, 2.24) is 25.0 Å². The molecular weight excluding hydrogens is 392 g/mol. The number of alkyl halides is 2. The van der Waals surface area contributed by atoms with Crippen molar-refractivity contribution in [3.63, 3.8) is 0 Å². The van der Waals surface area contributed by atoms with Gasteiger partial charge < -0.3 is 14.5 Å². The Morgan fingerprint density at radius 3 is 2.40 bits per heavy atom. The summed E-state index contributed by atoms with van der Waals surface area (Å²) in [6, 6.07) is 0.0850. The topological polar surface area (TPSA) is 74.4 Å². The van der Waals surface area contributed by atoms with E-state index in [1.807, 2.05) is 9.80 Å². The molecule has 0 unspecified atom stereocenters. The molecule has 0 aromatic carbocycles. The lowest BCUT2D eigenvalue weighted by Gasteiger charge is -2.43. The summed E-state index contributed by atoms with van der Waals surface area (Å²) in [5, 5.41) is 7.45. The van der Waals surface area contributed by atoms with Crippen molar-refractivity contribution in [2.75, 3.05) is 32.8 Å². The summed E-state index contributed by atoms with van der Waals surface area (Å²) in [6.07, 6.45) is 5.27. The second kappa shape index (κ2) is 8.05. The number of rotatable bonds is 5. The van der Waals surface area contributed by atoms with Gasteiger partial charge in [0.25, 0.3) is 0 Å². The lowest BCUT2D eigenvalue weighted by atomic mass is 9.87. The Morgan fingerprint density at radius 1 is 1.03 bits per heavy atom. The molecule has 9 heteroatoms. The van der Waals surface area contributed by atoms with Crippen molar-refractivity contribution in [1.29, 1.82) is 0 Å². The van der Waals surface area contributed by atoms with Gasteiger partial charge in [-0.1, -0.05) is 0 Å². The van der Waals surface area contributed by atoms with Gasteiger partial charge in [0.2, 0.25) is 5.92 Å². The van der Waals surface area contributed by atoms with E-state index in [-0.39, 0.29) is 30.9 Å². The zero-order valence-electron chi connectivity index (χ0n) is 17.4. The van der Waals surface area contributed by atoms with E-state index in [0.717, 1.165) is 37.6 Å². The van der Waals surface area contributed by atoms with Gasteiger partial charge in [0, 0.05) is 44.4 Å². The Morgan fingerprint density at radius 2 is 1.73 bits per heavy atom. The van der Waals surface area contributed by atoms with Gasteiger partial charge in [-0.3, -0.25) is 5.10 Å². The number of ether oxygens (including phenoxy) is 1. The van der Waals surface area contributed by atoms with Gasteiger partial charge in [-0.15, -0.1) is 0 Å². The number of amides is 2. The van der Waals surface area contributed by atoms with E-state index in [1.54, 1.807) is 0 Å². The van der Waals surface area contributed by atoms with Crippen molar-refractivity contribution in [2.24, 2.45) is 5.92 Å². The fraction of sp³-hybridized carbons (Fsp3) is 0.857. The Bertz CT molecular complexity index is 744. The lowest BCUT2D eigenvalue weighted by Crippen LogP contribution is -2.59. The molecular formula is C21H31F2N5O2. The number of nitrogens with zero attached hydrogens (tertiary/aromatic N) is 4. The minimum atomic E-state index is -2.49. The van der Waals surface area contributed by atoms with Crippen LogP contribution in [0.3, 0.4) is 0 Å². The molecule has 2 aliphatic carbocycles. The maximum Gasteiger partial charge on any atom is 0.320 e. The fourth-order valence-electron chi connectivity index (χ4n) is 4.78. The van der Waals surface area contributed by atoms with Gasteiger partial charge in [-0.2, -0.15) is 5.10 Å². The highest BCUT2D eigenvalue weighted by Gasteiger charge is 2.38. The Kier molecular flexibility index (Phi) is 5.41. The van der Waals surface area contributed by atoms with E-state index >= 15 is 0 Å². The van der Waals surface area contributed by atoms with E-state index in [9.17, 15) is 13.6 Å². The van der Waals surface area contributed by atoms with Gasteiger partial charge in [-0.25, -0.2) is 18.6 Å². The molecule has 2 saturated heterocycles. The van der Waals surface area contributed by atoms with Crippen molar-refractivity contribution in [3.8, 4) is 0 Å². The molecule has 4 fully saturated rings. The van der Waals surface area contributed by atoms with Crippen molar-refractivity contribution >= 4 is 6.03 Å². The first-order valence-electron chi connectivity index (χ1n) is 11.4. The number of aromatic amines is 1. The molecule has 4 aliphatic rings. The molecule has 3 heterocycles. The number of carbonyl (C=O) groups is 1. The largest absolute Gasteiger partial charge is 0.374 e. The SMILES string of the molecule is O=C(N1CCC(c2nc(C3CC3)n[nH]2)CC1)N1CC(OCC2CCC(F)(F)CC2)C1. The third kappa shape index (κ3) is 4.45. The van der Waals surface area contributed by atoms with E-state index in [2.05, 4.69) is 15.2 Å². The fourth-order valence-corrected chi connectivity index (χ4v) is 4.78. The summed E-state index contributed by atoms with van der Waals surface area (Å²) in [5.74, 6) is 0.571. The van der Waals surface area contributed by atoms with Crippen LogP contribution in [0.1, 0.15) is 74.9 Å². The Balaban J connectivity index is 1.00. The average molecular weight is 424 g/mol. The smallest absolute Gasteiger partial charge is 0.320 e. The zero-order valence-corrected chi connectivity index (χ0v) is 17.4. The molecule has 0 spiro atoms. The predicted octanol–water partition coefficient (Wildman–Crippen LogP) is 3.51. The minimum absolute atomic E-state index is 0.0256. The number of hydrogen-bond acceptors (Lipinski definition) is 4. The van der Waals surface area contributed by atoms with Crippen LogP contribution in [0.4, 0.5) is 13.6 Å². The van der Waals surface area contributed by atoms with Crippen LogP contribution >= 0.6 is 0 Å². The first-order valence-corrected chi connectivity index (χ1v) is 11.4. The van der Waals surface area contributed by atoms with Gasteiger partial charge in [-0.05, 0) is 44.4 Å².